The normalized spacial score (nSPS) is 20.8. The predicted molar refractivity (Wildman–Crippen MR) is 109 cm³/mol. The van der Waals surface area contributed by atoms with Gasteiger partial charge < -0.3 is 14.8 Å². The summed E-state index contributed by atoms with van der Waals surface area (Å²) in [7, 11) is 1.85. The monoisotopic (exact) mass is 362 g/mol. The fourth-order valence-electron chi connectivity index (χ4n) is 3.91. The number of aliphatic imine (C=N–C) groups is 1. The molecule has 1 saturated heterocycles. The SMILES string of the molecule is CN=C(NCc1nccc2ccccc12)N1CCC(C)C(n2ccnc2)C1. The van der Waals surface area contributed by atoms with Crippen molar-refractivity contribution in [1.82, 2.24) is 24.8 Å². The first kappa shape index (κ1) is 17.5. The minimum Gasteiger partial charge on any atom is -0.351 e. The number of nitrogens with zero attached hydrogens (tertiary/aromatic N) is 5. The average molecular weight is 362 g/mol. The highest BCUT2D eigenvalue weighted by molar-refractivity contribution is 5.85. The fourth-order valence-corrected chi connectivity index (χ4v) is 3.91. The second kappa shape index (κ2) is 7.78. The first-order valence-corrected chi connectivity index (χ1v) is 9.52. The number of aromatic nitrogens is 3. The average Bonchev–Trinajstić information content (AvgIpc) is 3.24. The molecule has 1 aromatic carbocycles. The van der Waals surface area contributed by atoms with Crippen molar-refractivity contribution < 1.29 is 0 Å². The van der Waals surface area contributed by atoms with Crippen molar-refractivity contribution >= 4 is 16.7 Å². The van der Waals surface area contributed by atoms with Crippen molar-refractivity contribution in [2.24, 2.45) is 10.9 Å². The standard InChI is InChI=1S/C21H26N6/c1-16-8-11-26(14-20(16)27-12-10-23-15-27)21(22-2)25-13-19-18-6-4-3-5-17(18)7-9-24-19/h3-7,9-10,12,15-16,20H,8,11,13-14H2,1-2H3,(H,22,25). The molecule has 4 rings (SSSR count). The second-order valence-electron chi connectivity index (χ2n) is 7.17. The van der Waals surface area contributed by atoms with Gasteiger partial charge in [0.1, 0.15) is 0 Å². The molecule has 2 atom stereocenters. The van der Waals surface area contributed by atoms with Gasteiger partial charge in [-0.2, -0.15) is 0 Å². The van der Waals surface area contributed by atoms with Crippen molar-refractivity contribution in [2.45, 2.75) is 25.9 Å². The van der Waals surface area contributed by atoms with Crippen LogP contribution in [0, 0.1) is 5.92 Å². The van der Waals surface area contributed by atoms with Gasteiger partial charge in [0.2, 0.25) is 0 Å². The summed E-state index contributed by atoms with van der Waals surface area (Å²) in [6, 6.07) is 10.8. The van der Waals surface area contributed by atoms with E-state index in [2.05, 4.69) is 73.2 Å². The Morgan fingerprint density at radius 3 is 2.96 bits per heavy atom. The maximum absolute atomic E-state index is 4.58. The fraction of sp³-hybridized carbons (Fsp3) is 0.381. The van der Waals surface area contributed by atoms with Crippen LogP contribution in [0.4, 0.5) is 0 Å². The topological polar surface area (TPSA) is 58.3 Å². The molecule has 3 heterocycles. The van der Waals surface area contributed by atoms with Crippen LogP contribution in [0.3, 0.4) is 0 Å². The van der Waals surface area contributed by atoms with E-state index in [9.17, 15) is 0 Å². The Morgan fingerprint density at radius 1 is 1.26 bits per heavy atom. The van der Waals surface area contributed by atoms with Crippen LogP contribution < -0.4 is 5.32 Å². The molecule has 3 aromatic rings. The van der Waals surface area contributed by atoms with E-state index in [0.717, 1.165) is 31.2 Å². The number of pyridine rings is 1. The smallest absolute Gasteiger partial charge is 0.194 e. The van der Waals surface area contributed by atoms with E-state index in [-0.39, 0.29) is 0 Å². The van der Waals surface area contributed by atoms with Crippen molar-refractivity contribution in [3.8, 4) is 0 Å². The van der Waals surface area contributed by atoms with Gasteiger partial charge in [0.05, 0.1) is 24.6 Å². The summed E-state index contributed by atoms with van der Waals surface area (Å²) >= 11 is 0. The molecule has 0 spiro atoms. The van der Waals surface area contributed by atoms with Gasteiger partial charge in [0.25, 0.3) is 0 Å². The number of hydrogen-bond acceptors (Lipinski definition) is 3. The van der Waals surface area contributed by atoms with Gasteiger partial charge in [-0.1, -0.05) is 31.2 Å². The summed E-state index contributed by atoms with van der Waals surface area (Å²) in [5, 5.41) is 5.92. The highest BCUT2D eigenvalue weighted by Gasteiger charge is 2.28. The summed E-state index contributed by atoms with van der Waals surface area (Å²) < 4.78 is 2.22. The van der Waals surface area contributed by atoms with Crippen LogP contribution >= 0.6 is 0 Å². The molecule has 1 aliphatic heterocycles. The molecule has 140 valence electrons. The lowest BCUT2D eigenvalue weighted by molar-refractivity contribution is 0.189. The molecule has 0 radical (unpaired) electrons. The molecule has 2 unspecified atom stereocenters. The number of nitrogens with one attached hydrogen (secondary N) is 1. The maximum atomic E-state index is 4.58. The van der Waals surface area contributed by atoms with Crippen molar-refractivity contribution in [2.75, 3.05) is 20.1 Å². The van der Waals surface area contributed by atoms with Crippen LogP contribution in [0.15, 0.2) is 60.2 Å². The first-order chi connectivity index (χ1) is 13.3. The minimum absolute atomic E-state index is 0.412. The maximum Gasteiger partial charge on any atom is 0.194 e. The number of imidazole rings is 1. The van der Waals surface area contributed by atoms with Crippen LogP contribution in [-0.2, 0) is 6.54 Å². The van der Waals surface area contributed by atoms with E-state index in [4.69, 9.17) is 0 Å². The third kappa shape index (κ3) is 3.65. The molecule has 2 aromatic heterocycles. The highest BCUT2D eigenvalue weighted by atomic mass is 15.3. The molecule has 1 fully saturated rings. The van der Waals surface area contributed by atoms with Gasteiger partial charge in [0.15, 0.2) is 5.96 Å². The lowest BCUT2D eigenvalue weighted by Gasteiger charge is -2.39. The number of fused-ring (bicyclic) bond motifs is 1. The number of likely N-dealkylation sites (tertiary alicyclic amines) is 1. The number of guanidine groups is 1. The zero-order chi connectivity index (χ0) is 18.6. The van der Waals surface area contributed by atoms with Gasteiger partial charge >= 0.3 is 0 Å². The van der Waals surface area contributed by atoms with Crippen LogP contribution in [0.1, 0.15) is 25.1 Å². The number of rotatable bonds is 3. The summed E-state index contributed by atoms with van der Waals surface area (Å²) in [4.78, 5) is 15.7. The molecular weight excluding hydrogens is 336 g/mol. The summed E-state index contributed by atoms with van der Waals surface area (Å²) in [5.41, 5.74) is 1.05. The van der Waals surface area contributed by atoms with Gasteiger partial charge in [0, 0.05) is 44.1 Å². The Morgan fingerprint density at radius 2 is 2.15 bits per heavy atom. The van der Waals surface area contributed by atoms with Crippen LogP contribution in [0.5, 0.6) is 0 Å². The zero-order valence-electron chi connectivity index (χ0n) is 15.9. The summed E-state index contributed by atoms with van der Waals surface area (Å²) in [5.74, 6) is 1.55. The third-order valence-electron chi connectivity index (χ3n) is 5.51. The molecule has 1 aliphatic rings. The molecule has 1 N–H and O–H groups in total. The molecule has 0 saturated carbocycles. The molecule has 0 amide bonds. The Balaban J connectivity index is 1.48. The van der Waals surface area contributed by atoms with Crippen LogP contribution in [0.2, 0.25) is 0 Å². The van der Waals surface area contributed by atoms with Crippen molar-refractivity contribution in [3.05, 3.63) is 60.9 Å². The largest absolute Gasteiger partial charge is 0.351 e. The van der Waals surface area contributed by atoms with E-state index < -0.39 is 0 Å². The molecule has 0 aliphatic carbocycles. The highest BCUT2D eigenvalue weighted by Crippen LogP contribution is 2.27. The number of piperidine rings is 1. The quantitative estimate of drug-likeness (QED) is 0.575. The van der Waals surface area contributed by atoms with E-state index in [0.29, 0.717) is 18.5 Å². The van der Waals surface area contributed by atoms with E-state index in [1.807, 2.05) is 25.8 Å². The molecular formula is C21H26N6. The van der Waals surface area contributed by atoms with Crippen molar-refractivity contribution in [3.63, 3.8) is 0 Å². The lowest BCUT2D eigenvalue weighted by atomic mass is 9.93. The summed E-state index contributed by atoms with van der Waals surface area (Å²) in [6.45, 7) is 4.92. The minimum atomic E-state index is 0.412. The number of hydrogen-bond donors (Lipinski definition) is 1. The van der Waals surface area contributed by atoms with Gasteiger partial charge in [-0.15, -0.1) is 0 Å². The first-order valence-electron chi connectivity index (χ1n) is 9.52. The van der Waals surface area contributed by atoms with E-state index >= 15 is 0 Å². The van der Waals surface area contributed by atoms with Gasteiger partial charge in [-0.05, 0) is 23.8 Å². The van der Waals surface area contributed by atoms with E-state index in [1.165, 1.54) is 10.8 Å². The third-order valence-corrected chi connectivity index (χ3v) is 5.51. The molecule has 6 heteroatoms. The second-order valence-corrected chi connectivity index (χ2v) is 7.17. The van der Waals surface area contributed by atoms with Crippen LogP contribution in [-0.4, -0.2) is 45.5 Å². The van der Waals surface area contributed by atoms with Gasteiger partial charge in [-0.25, -0.2) is 4.98 Å². The predicted octanol–water partition coefficient (Wildman–Crippen LogP) is 3.09. The molecule has 0 bridgehead atoms. The Kier molecular flexibility index (Phi) is 5.05. The Labute approximate surface area is 160 Å². The number of benzene rings is 1. The van der Waals surface area contributed by atoms with E-state index in [1.54, 1.807) is 0 Å². The summed E-state index contributed by atoms with van der Waals surface area (Å²) in [6.07, 6.45) is 8.84. The molecule has 6 nitrogen and oxygen atoms in total. The zero-order valence-corrected chi connectivity index (χ0v) is 15.9. The lowest BCUT2D eigenvalue weighted by Crippen LogP contribution is -2.48. The molecule has 27 heavy (non-hydrogen) atoms. The Hall–Kier alpha value is -2.89. The Bertz CT molecular complexity index is 912. The van der Waals surface area contributed by atoms with Crippen molar-refractivity contribution in [1.29, 1.82) is 0 Å². The van der Waals surface area contributed by atoms with Crippen LogP contribution in [0.25, 0.3) is 10.8 Å². The van der Waals surface area contributed by atoms with Gasteiger partial charge in [-0.3, -0.25) is 9.98 Å².